The molecule has 0 bridgehead atoms. The first kappa shape index (κ1) is 9.73. The number of hydrogen-bond acceptors (Lipinski definition) is 3. The molecular weight excluding hydrogens is 172 g/mol. The molecule has 1 unspecified atom stereocenters. The van der Waals surface area contributed by atoms with Gasteiger partial charge in [0, 0.05) is 11.3 Å². The number of aliphatic carboxylic acids is 1. The highest BCUT2D eigenvalue weighted by Gasteiger charge is 2.29. The van der Waals surface area contributed by atoms with Crippen molar-refractivity contribution in [3.63, 3.8) is 0 Å². The molecule has 0 spiro atoms. The first-order valence-corrected chi connectivity index (χ1v) is 3.88. The smallest absolute Gasteiger partial charge is 0.306 e. The van der Waals surface area contributed by atoms with E-state index in [0.717, 1.165) is 0 Å². The maximum Gasteiger partial charge on any atom is 0.306 e. The number of hydrogen-bond donors (Lipinski definition) is 3. The van der Waals surface area contributed by atoms with Gasteiger partial charge in [-0.1, -0.05) is 0 Å². The van der Waals surface area contributed by atoms with Crippen molar-refractivity contribution in [3.8, 4) is 0 Å². The van der Waals surface area contributed by atoms with E-state index in [-0.39, 0.29) is 6.42 Å². The molecule has 0 aromatic carbocycles. The minimum atomic E-state index is -1.36. The van der Waals surface area contributed by atoms with Crippen LogP contribution in [0.25, 0.3) is 0 Å². The number of aryl methyl sites for hydroxylation is 1. The van der Waals surface area contributed by atoms with E-state index in [9.17, 15) is 9.90 Å². The van der Waals surface area contributed by atoms with Gasteiger partial charge in [0.2, 0.25) is 0 Å². The van der Waals surface area contributed by atoms with Crippen molar-refractivity contribution in [1.82, 2.24) is 10.2 Å². The van der Waals surface area contributed by atoms with Gasteiger partial charge in [0.25, 0.3) is 0 Å². The molecule has 3 N–H and O–H groups in total. The van der Waals surface area contributed by atoms with Crippen LogP contribution < -0.4 is 0 Å². The number of carbonyl (C=O) groups is 1. The number of rotatable bonds is 3. The van der Waals surface area contributed by atoms with Crippen molar-refractivity contribution in [1.29, 1.82) is 0 Å². The largest absolute Gasteiger partial charge is 0.481 e. The lowest BCUT2D eigenvalue weighted by Crippen LogP contribution is -2.25. The van der Waals surface area contributed by atoms with Crippen LogP contribution >= 0.6 is 0 Å². The Morgan fingerprint density at radius 3 is 2.77 bits per heavy atom. The standard InChI is InChI=1S/C8H12N2O3/c1-5-6(4-9-10-5)8(2,13)3-7(11)12/h4,13H,3H2,1-2H3,(H,9,10)(H,11,12). The van der Waals surface area contributed by atoms with E-state index in [2.05, 4.69) is 10.2 Å². The highest BCUT2D eigenvalue weighted by atomic mass is 16.4. The molecule has 13 heavy (non-hydrogen) atoms. The first-order chi connectivity index (χ1) is 5.93. The van der Waals surface area contributed by atoms with Crippen LogP contribution in [0.3, 0.4) is 0 Å². The number of carboxylic acids is 1. The molecular formula is C8H12N2O3. The lowest BCUT2D eigenvalue weighted by molar-refractivity contribution is -0.142. The number of H-pyrrole nitrogens is 1. The summed E-state index contributed by atoms with van der Waals surface area (Å²) in [6.45, 7) is 3.19. The van der Waals surface area contributed by atoms with Crippen molar-refractivity contribution >= 4 is 5.97 Å². The zero-order valence-electron chi connectivity index (χ0n) is 7.53. The molecule has 0 amide bonds. The average molecular weight is 184 g/mol. The minimum Gasteiger partial charge on any atom is -0.481 e. The summed E-state index contributed by atoms with van der Waals surface area (Å²) in [6, 6.07) is 0. The van der Waals surface area contributed by atoms with Crippen molar-refractivity contribution in [2.24, 2.45) is 0 Å². The molecule has 1 aromatic rings. The van der Waals surface area contributed by atoms with Gasteiger partial charge in [-0.05, 0) is 13.8 Å². The fraction of sp³-hybridized carbons (Fsp3) is 0.500. The molecule has 0 aliphatic rings. The van der Waals surface area contributed by atoms with Gasteiger partial charge in [-0.15, -0.1) is 0 Å². The molecule has 0 aliphatic carbocycles. The third-order valence-electron chi connectivity index (χ3n) is 1.91. The van der Waals surface area contributed by atoms with Crippen LogP contribution in [-0.2, 0) is 10.4 Å². The summed E-state index contributed by atoms with van der Waals surface area (Å²) in [5.74, 6) is -1.04. The lowest BCUT2D eigenvalue weighted by atomic mass is 9.93. The van der Waals surface area contributed by atoms with Gasteiger partial charge in [0.1, 0.15) is 5.60 Å². The molecule has 0 fully saturated rings. The molecule has 1 aromatic heterocycles. The molecule has 1 rings (SSSR count). The number of aliphatic hydroxyl groups is 1. The highest BCUT2D eigenvalue weighted by molar-refractivity contribution is 5.68. The van der Waals surface area contributed by atoms with E-state index in [4.69, 9.17) is 5.11 Å². The Bertz CT molecular complexity index is 317. The molecule has 5 nitrogen and oxygen atoms in total. The Balaban J connectivity index is 2.93. The number of carboxylic acid groups (broad SMARTS) is 1. The molecule has 0 saturated carbocycles. The van der Waals surface area contributed by atoms with Gasteiger partial charge in [-0.25, -0.2) is 0 Å². The average Bonchev–Trinajstić information content (AvgIpc) is 2.32. The van der Waals surface area contributed by atoms with Crippen molar-refractivity contribution in [2.45, 2.75) is 25.9 Å². The van der Waals surface area contributed by atoms with Gasteiger partial charge in [-0.3, -0.25) is 9.89 Å². The van der Waals surface area contributed by atoms with Gasteiger partial charge >= 0.3 is 5.97 Å². The summed E-state index contributed by atoms with van der Waals surface area (Å²) in [5, 5.41) is 24.7. The van der Waals surface area contributed by atoms with Crippen molar-refractivity contribution in [3.05, 3.63) is 17.5 Å². The van der Waals surface area contributed by atoms with Crippen LogP contribution in [0, 0.1) is 6.92 Å². The summed E-state index contributed by atoms with van der Waals surface area (Å²) >= 11 is 0. The van der Waals surface area contributed by atoms with E-state index in [0.29, 0.717) is 11.3 Å². The number of aromatic amines is 1. The SMILES string of the molecule is Cc1[nH]ncc1C(C)(O)CC(=O)O. The number of nitrogens with one attached hydrogen (secondary N) is 1. The van der Waals surface area contributed by atoms with E-state index >= 15 is 0 Å². The van der Waals surface area contributed by atoms with Gasteiger partial charge in [0.15, 0.2) is 0 Å². The van der Waals surface area contributed by atoms with Crippen LogP contribution in [0.1, 0.15) is 24.6 Å². The quantitative estimate of drug-likeness (QED) is 0.634. The Hall–Kier alpha value is -1.36. The summed E-state index contributed by atoms with van der Waals surface area (Å²) in [4.78, 5) is 10.4. The van der Waals surface area contributed by atoms with Crippen molar-refractivity contribution in [2.75, 3.05) is 0 Å². The Morgan fingerprint density at radius 1 is 1.77 bits per heavy atom. The summed E-state index contributed by atoms with van der Waals surface area (Å²) in [6.07, 6.45) is 1.12. The summed E-state index contributed by atoms with van der Waals surface area (Å²) < 4.78 is 0. The molecule has 0 aliphatic heterocycles. The molecule has 1 heterocycles. The van der Waals surface area contributed by atoms with E-state index < -0.39 is 11.6 Å². The third-order valence-corrected chi connectivity index (χ3v) is 1.91. The molecule has 72 valence electrons. The second-order valence-electron chi connectivity index (χ2n) is 3.25. The monoisotopic (exact) mass is 184 g/mol. The van der Waals surface area contributed by atoms with Crippen molar-refractivity contribution < 1.29 is 15.0 Å². The molecule has 1 atom stereocenters. The first-order valence-electron chi connectivity index (χ1n) is 3.88. The third kappa shape index (κ3) is 2.06. The minimum absolute atomic E-state index is 0.326. The number of nitrogens with zero attached hydrogens (tertiary/aromatic N) is 1. The van der Waals surface area contributed by atoms with Gasteiger partial charge in [-0.2, -0.15) is 5.10 Å². The summed E-state index contributed by atoms with van der Waals surface area (Å²) in [5.41, 5.74) is -0.149. The highest BCUT2D eigenvalue weighted by Crippen LogP contribution is 2.25. The van der Waals surface area contributed by atoms with Crippen LogP contribution in [-0.4, -0.2) is 26.4 Å². The topological polar surface area (TPSA) is 86.2 Å². The molecule has 0 radical (unpaired) electrons. The normalized spacial score (nSPS) is 15.3. The van der Waals surface area contributed by atoms with E-state index in [1.165, 1.54) is 13.1 Å². The zero-order chi connectivity index (χ0) is 10.1. The molecule has 0 saturated heterocycles. The maximum absolute atomic E-state index is 10.4. The van der Waals surface area contributed by atoms with Crippen LogP contribution in [0.15, 0.2) is 6.20 Å². The second-order valence-corrected chi connectivity index (χ2v) is 3.25. The predicted molar refractivity (Wildman–Crippen MR) is 45.1 cm³/mol. The van der Waals surface area contributed by atoms with E-state index in [1.54, 1.807) is 6.92 Å². The number of aromatic nitrogens is 2. The Kier molecular flexibility index (Phi) is 2.38. The predicted octanol–water partition coefficient (Wildman–Crippen LogP) is 0.400. The maximum atomic E-state index is 10.4. The lowest BCUT2D eigenvalue weighted by Gasteiger charge is -2.20. The van der Waals surface area contributed by atoms with Crippen LogP contribution in [0.5, 0.6) is 0 Å². The Labute approximate surface area is 75.4 Å². The van der Waals surface area contributed by atoms with Gasteiger partial charge in [0.05, 0.1) is 12.6 Å². The van der Waals surface area contributed by atoms with Crippen LogP contribution in [0.2, 0.25) is 0 Å². The Morgan fingerprint density at radius 2 is 2.38 bits per heavy atom. The fourth-order valence-electron chi connectivity index (χ4n) is 1.28. The second kappa shape index (κ2) is 3.18. The van der Waals surface area contributed by atoms with Crippen LogP contribution in [0.4, 0.5) is 0 Å². The summed E-state index contributed by atoms with van der Waals surface area (Å²) in [7, 11) is 0. The zero-order valence-corrected chi connectivity index (χ0v) is 7.53. The fourth-order valence-corrected chi connectivity index (χ4v) is 1.28. The molecule has 5 heteroatoms. The van der Waals surface area contributed by atoms with E-state index in [1.807, 2.05) is 0 Å². The van der Waals surface area contributed by atoms with Gasteiger partial charge < -0.3 is 10.2 Å².